The van der Waals surface area contributed by atoms with Crippen molar-refractivity contribution >= 4 is 6.09 Å². The molecule has 0 aromatic heterocycles. The molecule has 0 fully saturated rings. The highest BCUT2D eigenvalue weighted by Crippen LogP contribution is 2.23. The number of ether oxygens (including phenoxy) is 1. The molecule has 0 aromatic carbocycles. The molecule has 0 heterocycles. The van der Waals surface area contributed by atoms with Crippen LogP contribution >= 0.6 is 0 Å². The first-order chi connectivity index (χ1) is 6.30. The highest BCUT2D eigenvalue weighted by atomic mass is 16.6. The minimum atomic E-state index is -0.299. The van der Waals surface area contributed by atoms with Gasteiger partial charge in [0, 0.05) is 13.1 Å². The molecule has 0 aliphatic carbocycles. The Kier molecular flexibility index (Phi) is 4.68. The summed E-state index contributed by atoms with van der Waals surface area (Å²) in [4.78, 5) is 13.1. The van der Waals surface area contributed by atoms with Crippen LogP contribution in [0, 0.1) is 5.41 Å². The van der Waals surface area contributed by atoms with Gasteiger partial charge in [0.1, 0.15) is 6.61 Å². The van der Waals surface area contributed by atoms with Crippen LogP contribution in [0.1, 0.15) is 27.7 Å². The van der Waals surface area contributed by atoms with Crippen molar-refractivity contribution < 1.29 is 9.53 Å². The molecule has 3 nitrogen and oxygen atoms in total. The van der Waals surface area contributed by atoms with E-state index in [-0.39, 0.29) is 24.2 Å². The second-order valence-electron chi connectivity index (χ2n) is 4.52. The van der Waals surface area contributed by atoms with Gasteiger partial charge < -0.3 is 9.64 Å². The molecule has 0 N–H and O–H groups in total. The number of nitrogens with zero attached hydrogens (tertiary/aromatic N) is 1. The molecule has 0 aliphatic heterocycles. The molecule has 0 saturated heterocycles. The molecule has 82 valence electrons. The third-order valence-electron chi connectivity index (χ3n) is 2.45. The van der Waals surface area contributed by atoms with Crippen LogP contribution in [0.5, 0.6) is 0 Å². The largest absolute Gasteiger partial charge is 0.445 e. The molecule has 0 unspecified atom stereocenters. The summed E-state index contributed by atoms with van der Waals surface area (Å²) < 4.78 is 4.94. The van der Waals surface area contributed by atoms with Crippen LogP contribution in [0.15, 0.2) is 12.7 Å². The summed E-state index contributed by atoms with van der Waals surface area (Å²) in [5, 5.41) is 0. The maximum atomic E-state index is 11.4. The van der Waals surface area contributed by atoms with Crippen LogP contribution in [0.2, 0.25) is 0 Å². The van der Waals surface area contributed by atoms with Crippen molar-refractivity contribution in [1.82, 2.24) is 4.90 Å². The molecule has 3 heteroatoms. The summed E-state index contributed by atoms with van der Waals surface area (Å²) in [7, 11) is 1.75. The molecule has 0 saturated carbocycles. The van der Waals surface area contributed by atoms with E-state index in [0.29, 0.717) is 0 Å². The Balaban J connectivity index is 4.24. The van der Waals surface area contributed by atoms with E-state index in [1.54, 1.807) is 18.0 Å². The molecule has 0 aliphatic rings. The van der Waals surface area contributed by atoms with E-state index in [2.05, 4.69) is 27.4 Å². The van der Waals surface area contributed by atoms with Crippen molar-refractivity contribution in [2.75, 3.05) is 13.7 Å². The number of amides is 1. The van der Waals surface area contributed by atoms with Crippen LogP contribution < -0.4 is 0 Å². The van der Waals surface area contributed by atoms with Crippen LogP contribution in [-0.4, -0.2) is 30.7 Å². The highest BCUT2D eigenvalue weighted by Gasteiger charge is 2.27. The van der Waals surface area contributed by atoms with Gasteiger partial charge in [-0.1, -0.05) is 33.4 Å². The summed E-state index contributed by atoms with van der Waals surface area (Å²) >= 11 is 0. The van der Waals surface area contributed by atoms with Crippen molar-refractivity contribution in [2.45, 2.75) is 33.7 Å². The van der Waals surface area contributed by atoms with Gasteiger partial charge in [0.15, 0.2) is 0 Å². The van der Waals surface area contributed by atoms with Crippen molar-refractivity contribution in [2.24, 2.45) is 5.41 Å². The summed E-state index contributed by atoms with van der Waals surface area (Å²) in [5.74, 6) is 0. The zero-order valence-electron chi connectivity index (χ0n) is 9.83. The SMILES string of the molecule is C=CCOC(=O)N(C)[C@@H](C)C(C)(C)C. The Labute approximate surface area is 86.7 Å². The van der Waals surface area contributed by atoms with Crippen molar-refractivity contribution in [3.8, 4) is 0 Å². The number of hydrogen-bond acceptors (Lipinski definition) is 2. The van der Waals surface area contributed by atoms with E-state index >= 15 is 0 Å². The van der Waals surface area contributed by atoms with Gasteiger partial charge in [0.05, 0.1) is 0 Å². The minimum absolute atomic E-state index is 0.0575. The van der Waals surface area contributed by atoms with E-state index in [0.717, 1.165) is 0 Å². The van der Waals surface area contributed by atoms with E-state index in [1.165, 1.54) is 0 Å². The fourth-order valence-corrected chi connectivity index (χ4v) is 0.971. The zero-order chi connectivity index (χ0) is 11.4. The van der Waals surface area contributed by atoms with E-state index < -0.39 is 0 Å². The summed E-state index contributed by atoms with van der Waals surface area (Å²) in [6, 6.07) is 0.139. The number of hydrogen-bond donors (Lipinski definition) is 0. The van der Waals surface area contributed by atoms with Gasteiger partial charge in [-0.05, 0) is 12.3 Å². The molecule has 0 bridgehead atoms. The first-order valence-electron chi connectivity index (χ1n) is 4.81. The quantitative estimate of drug-likeness (QED) is 0.654. The summed E-state index contributed by atoms with van der Waals surface area (Å²) in [5.41, 5.74) is 0.0575. The molecule has 0 spiro atoms. The van der Waals surface area contributed by atoms with Gasteiger partial charge in [-0.15, -0.1) is 0 Å². The van der Waals surface area contributed by atoms with Gasteiger partial charge in [0.25, 0.3) is 0 Å². The molecular formula is C11H21NO2. The Bertz CT molecular complexity index is 206. The Morgan fingerprint density at radius 2 is 2.07 bits per heavy atom. The lowest BCUT2D eigenvalue weighted by atomic mass is 9.87. The maximum Gasteiger partial charge on any atom is 0.410 e. The smallest absolute Gasteiger partial charge is 0.410 e. The molecule has 0 rings (SSSR count). The number of carbonyl (C=O) groups excluding carboxylic acids is 1. The van der Waals surface area contributed by atoms with Gasteiger partial charge in [-0.3, -0.25) is 0 Å². The van der Waals surface area contributed by atoms with E-state index in [1.807, 2.05) is 6.92 Å². The van der Waals surface area contributed by atoms with Gasteiger partial charge >= 0.3 is 6.09 Å². The van der Waals surface area contributed by atoms with Crippen LogP contribution in [0.4, 0.5) is 4.79 Å². The zero-order valence-corrected chi connectivity index (χ0v) is 9.83. The fourth-order valence-electron chi connectivity index (χ4n) is 0.971. The molecule has 0 radical (unpaired) electrons. The highest BCUT2D eigenvalue weighted by molar-refractivity contribution is 5.67. The molecule has 0 aromatic rings. The van der Waals surface area contributed by atoms with E-state index in [4.69, 9.17) is 4.74 Å². The van der Waals surface area contributed by atoms with Gasteiger partial charge in [-0.2, -0.15) is 0 Å². The lowest BCUT2D eigenvalue weighted by Crippen LogP contribution is -2.43. The maximum absolute atomic E-state index is 11.4. The van der Waals surface area contributed by atoms with Gasteiger partial charge in [-0.25, -0.2) is 4.79 Å². The third-order valence-corrected chi connectivity index (χ3v) is 2.45. The second kappa shape index (κ2) is 5.03. The third kappa shape index (κ3) is 3.81. The number of carbonyl (C=O) groups is 1. The van der Waals surface area contributed by atoms with Crippen LogP contribution in [0.25, 0.3) is 0 Å². The number of rotatable bonds is 3. The first kappa shape index (κ1) is 13.0. The molecule has 14 heavy (non-hydrogen) atoms. The van der Waals surface area contributed by atoms with Gasteiger partial charge in [0.2, 0.25) is 0 Å². The fraction of sp³-hybridized carbons (Fsp3) is 0.727. The second-order valence-corrected chi connectivity index (χ2v) is 4.52. The Hall–Kier alpha value is -0.990. The normalized spacial score (nSPS) is 13.2. The van der Waals surface area contributed by atoms with Crippen LogP contribution in [-0.2, 0) is 4.74 Å². The monoisotopic (exact) mass is 199 g/mol. The van der Waals surface area contributed by atoms with Crippen molar-refractivity contribution in [3.63, 3.8) is 0 Å². The summed E-state index contributed by atoms with van der Waals surface area (Å²) in [6.07, 6.45) is 1.26. The van der Waals surface area contributed by atoms with E-state index in [9.17, 15) is 4.79 Å². The predicted molar refractivity (Wildman–Crippen MR) is 58.2 cm³/mol. The topological polar surface area (TPSA) is 29.5 Å². The average molecular weight is 199 g/mol. The standard InChI is InChI=1S/C11H21NO2/c1-7-8-14-10(13)12(6)9(2)11(3,4)5/h7,9H,1,8H2,2-6H3/t9-/m0/s1. The van der Waals surface area contributed by atoms with Crippen molar-refractivity contribution in [1.29, 1.82) is 0 Å². The first-order valence-corrected chi connectivity index (χ1v) is 4.81. The summed E-state index contributed by atoms with van der Waals surface area (Å²) in [6.45, 7) is 12.0. The Morgan fingerprint density at radius 1 is 1.57 bits per heavy atom. The molecule has 1 atom stereocenters. The minimum Gasteiger partial charge on any atom is -0.445 e. The molecule has 1 amide bonds. The average Bonchev–Trinajstić information content (AvgIpc) is 2.10. The lowest BCUT2D eigenvalue weighted by molar-refractivity contribution is 0.0829. The lowest BCUT2D eigenvalue weighted by Gasteiger charge is -2.34. The predicted octanol–water partition coefficient (Wildman–Crippen LogP) is 2.68. The van der Waals surface area contributed by atoms with Crippen LogP contribution in [0.3, 0.4) is 0 Å². The Morgan fingerprint density at radius 3 is 2.43 bits per heavy atom. The van der Waals surface area contributed by atoms with Crippen molar-refractivity contribution in [3.05, 3.63) is 12.7 Å². The molecular weight excluding hydrogens is 178 g/mol.